The number of anilines is 1. The van der Waals surface area contributed by atoms with Crippen LogP contribution < -0.4 is 15.9 Å². The van der Waals surface area contributed by atoms with Gasteiger partial charge in [0, 0.05) is 0 Å². The van der Waals surface area contributed by atoms with Crippen molar-refractivity contribution in [1.29, 1.82) is 0 Å². The van der Waals surface area contributed by atoms with Crippen LogP contribution in [0.1, 0.15) is 108 Å². The first-order valence-corrected chi connectivity index (χ1v) is 26.3. The Balaban J connectivity index is 2.15. The minimum atomic E-state index is -2.64. The number of hydrogen-bond donors (Lipinski definition) is 1. The van der Waals surface area contributed by atoms with Crippen molar-refractivity contribution in [2.45, 2.75) is 90.4 Å². The average Bonchev–Trinajstić information content (AvgIpc) is 3.03. The molecule has 2 nitrogen and oxygen atoms in total. The number of rotatable bonds is 13. The van der Waals surface area contributed by atoms with Gasteiger partial charge in [-0.2, -0.15) is 0 Å². The second-order valence-electron chi connectivity index (χ2n) is 13.3. The topological polar surface area (TPSA) is 24.4 Å². The number of allylic oxidation sites excluding steroid dienone is 2. The zero-order chi connectivity index (χ0) is 34.2. The molecule has 0 atom stereocenters. The molecule has 248 valence electrons. The van der Waals surface area contributed by atoms with Gasteiger partial charge in [-0.1, -0.05) is 0 Å². The minimum absolute atomic E-state index is 0.320. The van der Waals surface area contributed by atoms with Crippen molar-refractivity contribution in [3.05, 3.63) is 130 Å². The van der Waals surface area contributed by atoms with E-state index < -0.39 is 25.8 Å². The van der Waals surface area contributed by atoms with E-state index in [1.165, 1.54) is 43.9 Å². The molecule has 0 heterocycles. The molecule has 0 radical (unpaired) electrons. The van der Waals surface area contributed by atoms with Crippen molar-refractivity contribution in [3.63, 3.8) is 0 Å². The first kappa shape index (κ1) is 37.7. The number of para-hydroxylation sites is 2. The fraction of sp³-hybridized carbons (Fsp3) is 0.341. The first-order valence-electron chi connectivity index (χ1n) is 16.7. The van der Waals surface area contributed by atoms with Crippen molar-refractivity contribution in [1.82, 2.24) is 0 Å². The maximum atomic E-state index is 6.91. The molecule has 0 aliphatic rings. The summed E-state index contributed by atoms with van der Waals surface area (Å²) in [5.74, 6) is 1.37. The predicted octanol–water partition coefficient (Wildman–Crippen LogP) is 12.7. The number of aliphatic imine (C=N–C) groups is 1. The van der Waals surface area contributed by atoms with Gasteiger partial charge in [0.25, 0.3) is 0 Å². The van der Waals surface area contributed by atoms with Crippen LogP contribution in [0.3, 0.4) is 0 Å². The van der Waals surface area contributed by atoms with Crippen LogP contribution in [0.25, 0.3) is 0 Å². The zero-order valence-electron chi connectivity index (χ0n) is 29.4. The van der Waals surface area contributed by atoms with Gasteiger partial charge in [-0.3, -0.25) is 0 Å². The number of halogens is 2. The van der Waals surface area contributed by atoms with Gasteiger partial charge >= 0.3 is 302 Å². The Morgan fingerprint density at radius 3 is 1.40 bits per heavy atom. The summed E-state index contributed by atoms with van der Waals surface area (Å²) in [6.07, 6.45) is 0. The van der Waals surface area contributed by atoms with E-state index >= 15 is 0 Å². The third-order valence-electron chi connectivity index (χ3n) is 8.42. The first-order chi connectivity index (χ1) is 22.4. The summed E-state index contributed by atoms with van der Waals surface area (Å²) >= 11 is -2.64. The molecule has 0 bridgehead atoms. The third-order valence-corrected chi connectivity index (χ3v) is 14.2. The molecule has 47 heavy (non-hydrogen) atoms. The average molecular weight is 795 g/mol. The van der Waals surface area contributed by atoms with Gasteiger partial charge in [0.15, 0.2) is 0 Å². The van der Waals surface area contributed by atoms with Crippen molar-refractivity contribution >= 4 is 71.2 Å². The van der Waals surface area contributed by atoms with Gasteiger partial charge < -0.3 is 0 Å². The van der Waals surface area contributed by atoms with Crippen LogP contribution in [0.5, 0.6) is 0 Å². The molecule has 4 aromatic carbocycles. The van der Waals surface area contributed by atoms with Crippen LogP contribution in [0.15, 0.2) is 113 Å². The standard InChI is InChI=1S/C41H50N2P.2ClH.Sb/c1-27(2)35-23-17-24-36(28(3)4)39(35)42-31(9)41(44(33-19-13-11-14-20-33)34-21-15-12-16-22-34)32(10)43-40-37(29(5)6)25-18-26-38(40)30(7)8;;;/h11-30,43H,9H2,1-8,10H3;2*1H;/q;;;+2/p-2. The molecule has 0 aliphatic heterocycles. The molecule has 0 saturated heterocycles. The Kier molecular flexibility index (Phi) is 14.1. The third kappa shape index (κ3) is 9.54. The van der Waals surface area contributed by atoms with E-state index in [9.17, 15) is 0 Å². The van der Waals surface area contributed by atoms with E-state index in [4.69, 9.17) is 22.7 Å². The summed E-state index contributed by atoms with van der Waals surface area (Å²) in [7, 11) is 12.8. The van der Waals surface area contributed by atoms with Gasteiger partial charge in [0.05, 0.1) is 0 Å². The van der Waals surface area contributed by atoms with E-state index in [-0.39, 0.29) is 0 Å². The van der Waals surface area contributed by atoms with Crippen LogP contribution in [0.4, 0.5) is 11.4 Å². The van der Waals surface area contributed by atoms with Gasteiger partial charge in [0.2, 0.25) is 0 Å². The number of nitrogens with one attached hydrogen (secondary N) is 1. The SMILES string of the molecule is CC(Nc1c(C(C)C)cccc1C(C)C)=C(C([CH2][Sb]([Cl])[Cl])=Nc1c(C(C)C)cccc1C(C)C)P(c1ccccc1)c1ccccc1. The monoisotopic (exact) mass is 792 g/mol. The molecule has 0 aromatic heterocycles. The summed E-state index contributed by atoms with van der Waals surface area (Å²) in [6, 6.07) is 35.1. The number of benzene rings is 4. The van der Waals surface area contributed by atoms with Crippen LogP contribution in [0, 0.1) is 0 Å². The van der Waals surface area contributed by atoms with Crippen molar-refractivity contribution in [3.8, 4) is 0 Å². The maximum absolute atomic E-state index is 6.91. The van der Waals surface area contributed by atoms with Crippen molar-refractivity contribution in [2.75, 3.05) is 5.32 Å². The van der Waals surface area contributed by atoms with E-state index in [1.54, 1.807) is 0 Å². The summed E-state index contributed by atoms with van der Waals surface area (Å²) in [5.41, 5.74) is 9.50. The molecule has 0 spiro atoms. The molecule has 4 rings (SSSR count). The van der Waals surface area contributed by atoms with E-state index in [2.05, 4.69) is 165 Å². The summed E-state index contributed by atoms with van der Waals surface area (Å²) in [6.45, 7) is 20.3. The van der Waals surface area contributed by atoms with Crippen LogP contribution in [0.2, 0.25) is 4.37 Å². The van der Waals surface area contributed by atoms with E-state index in [0.29, 0.717) is 28.0 Å². The Hall–Kier alpha value is -2.08. The molecule has 0 amide bonds. The molecule has 0 unspecified atom stereocenters. The molecule has 0 fully saturated rings. The normalized spacial score (nSPS) is 13.0. The molecule has 0 aliphatic carbocycles. The Morgan fingerprint density at radius 2 is 1.02 bits per heavy atom. The fourth-order valence-corrected chi connectivity index (χ4v) is 11.8. The van der Waals surface area contributed by atoms with Crippen LogP contribution in [-0.4, -0.2) is 23.6 Å². The molecule has 6 heteroatoms. The molecular formula is C41H50Cl2N2PSb. The van der Waals surface area contributed by atoms with Crippen LogP contribution >= 0.6 is 25.6 Å². The van der Waals surface area contributed by atoms with Gasteiger partial charge in [-0.25, -0.2) is 0 Å². The Labute approximate surface area is 300 Å². The van der Waals surface area contributed by atoms with Crippen LogP contribution in [-0.2, 0) is 0 Å². The number of nitrogens with zero attached hydrogens (tertiary/aromatic N) is 1. The second-order valence-corrected chi connectivity index (χ2v) is 24.8. The Bertz CT molecular complexity index is 1590. The molecule has 0 saturated carbocycles. The fourth-order valence-electron chi connectivity index (χ4n) is 6.07. The second kappa shape index (κ2) is 17.5. The quantitative estimate of drug-likeness (QED) is 0.0814. The summed E-state index contributed by atoms with van der Waals surface area (Å²) < 4.78 is 0.603. The molecule has 4 aromatic rings. The van der Waals surface area contributed by atoms with Gasteiger partial charge in [0.1, 0.15) is 0 Å². The molecule has 1 N–H and O–H groups in total. The predicted molar refractivity (Wildman–Crippen MR) is 214 cm³/mol. The zero-order valence-corrected chi connectivity index (χ0v) is 34.3. The summed E-state index contributed by atoms with van der Waals surface area (Å²) in [4.78, 5) is 5.70. The van der Waals surface area contributed by atoms with Gasteiger partial charge in [-0.15, -0.1) is 0 Å². The van der Waals surface area contributed by atoms with Crippen molar-refractivity contribution < 1.29 is 0 Å². The Morgan fingerprint density at radius 1 is 0.617 bits per heavy atom. The molecular weight excluding hydrogens is 744 g/mol. The number of hydrogen-bond acceptors (Lipinski definition) is 2. The van der Waals surface area contributed by atoms with E-state index in [1.807, 2.05) is 0 Å². The summed E-state index contributed by atoms with van der Waals surface area (Å²) in [5, 5.41) is 7.77. The van der Waals surface area contributed by atoms with Gasteiger partial charge in [-0.05, 0) is 0 Å². The van der Waals surface area contributed by atoms with Crippen molar-refractivity contribution in [2.24, 2.45) is 4.99 Å². The van der Waals surface area contributed by atoms with E-state index in [0.717, 1.165) is 17.1 Å².